The molecule has 94 valence electrons. The van der Waals surface area contributed by atoms with Gasteiger partial charge in [-0.3, -0.25) is 0 Å². The van der Waals surface area contributed by atoms with E-state index in [0.29, 0.717) is 11.5 Å². The van der Waals surface area contributed by atoms with Crippen LogP contribution < -0.4 is 4.74 Å². The van der Waals surface area contributed by atoms with Crippen LogP contribution in [0.25, 0.3) is 0 Å². The zero-order valence-corrected chi connectivity index (χ0v) is 11.1. The summed E-state index contributed by atoms with van der Waals surface area (Å²) >= 11 is 0. The first kappa shape index (κ1) is 12.6. The molecule has 2 aromatic rings. The van der Waals surface area contributed by atoms with Gasteiger partial charge in [-0.1, -0.05) is 18.2 Å². The molecule has 0 saturated heterocycles. The van der Waals surface area contributed by atoms with Crippen molar-refractivity contribution in [2.45, 2.75) is 11.8 Å². The van der Waals surface area contributed by atoms with E-state index >= 15 is 0 Å². The number of aryl methyl sites for hydroxylation is 1. The van der Waals surface area contributed by atoms with Gasteiger partial charge in [0.05, 0.1) is 4.90 Å². The quantitative estimate of drug-likeness (QED) is 0.853. The highest BCUT2D eigenvalue weighted by molar-refractivity contribution is 7.90. The monoisotopic (exact) mass is 262 g/mol. The van der Waals surface area contributed by atoms with E-state index in [2.05, 4.69) is 0 Å². The first-order valence-electron chi connectivity index (χ1n) is 5.50. The maximum absolute atomic E-state index is 11.4. The maximum Gasteiger partial charge on any atom is 0.175 e. The topological polar surface area (TPSA) is 43.4 Å². The van der Waals surface area contributed by atoms with Crippen molar-refractivity contribution < 1.29 is 13.2 Å². The molecule has 2 rings (SSSR count). The highest BCUT2D eigenvalue weighted by Gasteiger charge is 2.08. The lowest BCUT2D eigenvalue weighted by molar-refractivity contribution is 0.480. The fourth-order valence-corrected chi connectivity index (χ4v) is 2.24. The van der Waals surface area contributed by atoms with Crippen LogP contribution in [0.4, 0.5) is 0 Å². The van der Waals surface area contributed by atoms with Crippen molar-refractivity contribution in [1.29, 1.82) is 0 Å². The standard InChI is InChI=1S/C14H14O3S/c1-11-5-3-6-12(9-11)17-13-7-4-8-14(10-13)18(2,15)16/h3-10H,1-2H3. The van der Waals surface area contributed by atoms with E-state index in [1.165, 1.54) is 12.3 Å². The predicted molar refractivity (Wildman–Crippen MR) is 70.8 cm³/mol. The van der Waals surface area contributed by atoms with Crippen LogP contribution in [0, 0.1) is 6.92 Å². The molecule has 0 unspecified atom stereocenters. The lowest BCUT2D eigenvalue weighted by atomic mass is 10.2. The zero-order chi connectivity index (χ0) is 13.2. The Hall–Kier alpha value is -1.81. The third-order valence-electron chi connectivity index (χ3n) is 2.46. The summed E-state index contributed by atoms with van der Waals surface area (Å²) in [6.45, 7) is 1.97. The Morgan fingerprint density at radius 2 is 1.56 bits per heavy atom. The van der Waals surface area contributed by atoms with Crippen LogP contribution in [0.3, 0.4) is 0 Å². The van der Waals surface area contributed by atoms with Gasteiger partial charge in [-0.2, -0.15) is 0 Å². The molecule has 0 aromatic heterocycles. The van der Waals surface area contributed by atoms with Crippen LogP contribution >= 0.6 is 0 Å². The molecule has 0 aliphatic rings. The van der Waals surface area contributed by atoms with E-state index < -0.39 is 9.84 Å². The highest BCUT2D eigenvalue weighted by atomic mass is 32.2. The summed E-state index contributed by atoms with van der Waals surface area (Å²) in [6, 6.07) is 14.1. The van der Waals surface area contributed by atoms with Crippen molar-refractivity contribution in [3.05, 3.63) is 54.1 Å². The van der Waals surface area contributed by atoms with Gasteiger partial charge in [0.25, 0.3) is 0 Å². The molecule has 0 bridgehead atoms. The number of hydrogen-bond donors (Lipinski definition) is 0. The number of sulfone groups is 1. The lowest BCUT2D eigenvalue weighted by Crippen LogP contribution is -1.97. The second-order valence-electron chi connectivity index (χ2n) is 4.17. The lowest BCUT2D eigenvalue weighted by Gasteiger charge is -2.07. The second kappa shape index (κ2) is 4.82. The molecular formula is C14H14O3S. The van der Waals surface area contributed by atoms with Gasteiger partial charge in [-0.15, -0.1) is 0 Å². The number of ether oxygens (including phenoxy) is 1. The Labute approximate surface area is 107 Å². The zero-order valence-electron chi connectivity index (χ0n) is 10.3. The van der Waals surface area contributed by atoms with Gasteiger partial charge in [0, 0.05) is 6.26 Å². The van der Waals surface area contributed by atoms with Crippen molar-refractivity contribution >= 4 is 9.84 Å². The molecule has 0 amide bonds. The molecule has 18 heavy (non-hydrogen) atoms. The van der Waals surface area contributed by atoms with Crippen molar-refractivity contribution in [1.82, 2.24) is 0 Å². The van der Waals surface area contributed by atoms with Crippen molar-refractivity contribution in [2.75, 3.05) is 6.26 Å². The summed E-state index contributed by atoms with van der Waals surface area (Å²) < 4.78 is 28.5. The summed E-state index contributed by atoms with van der Waals surface area (Å²) in [6.07, 6.45) is 1.18. The summed E-state index contributed by atoms with van der Waals surface area (Å²) in [4.78, 5) is 0.257. The highest BCUT2D eigenvalue weighted by Crippen LogP contribution is 2.24. The molecule has 4 heteroatoms. The van der Waals surface area contributed by atoms with Gasteiger partial charge >= 0.3 is 0 Å². The van der Waals surface area contributed by atoms with Crippen LogP contribution in [-0.4, -0.2) is 14.7 Å². The third-order valence-corrected chi connectivity index (χ3v) is 3.57. The van der Waals surface area contributed by atoms with E-state index in [-0.39, 0.29) is 4.90 Å². The van der Waals surface area contributed by atoms with Crippen molar-refractivity contribution in [2.24, 2.45) is 0 Å². The van der Waals surface area contributed by atoms with Gasteiger partial charge in [0.2, 0.25) is 0 Å². The second-order valence-corrected chi connectivity index (χ2v) is 6.18. The Kier molecular flexibility index (Phi) is 3.39. The Balaban J connectivity index is 2.30. The van der Waals surface area contributed by atoms with Crippen LogP contribution in [0.1, 0.15) is 5.56 Å². The van der Waals surface area contributed by atoms with Crippen LogP contribution in [0.2, 0.25) is 0 Å². The fourth-order valence-electron chi connectivity index (χ4n) is 1.58. The molecular weight excluding hydrogens is 248 g/mol. The van der Waals surface area contributed by atoms with Gasteiger partial charge in [-0.05, 0) is 42.8 Å². The molecule has 0 N–H and O–H groups in total. The Morgan fingerprint density at radius 3 is 2.17 bits per heavy atom. The van der Waals surface area contributed by atoms with Gasteiger partial charge in [-0.25, -0.2) is 8.42 Å². The summed E-state index contributed by atoms with van der Waals surface area (Å²) in [5.74, 6) is 1.21. The minimum atomic E-state index is -3.21. The molecule has 0 saturated carbocycles. The molecule has 0 spiro atoms. The first-order chi connectivity index (χ1) is 8.45. The maximum atomic E-state index is 11.4. The van der Waals surface area contributed by atoms with Gasteiger partial charge in [0.1, 0.15) is 11.5 Å². The van der Waals surface area contributed by atoms with Crippen LogP contribution in [0.5, 0.6) is 11.5 Å². The predicted octanol–water partition coefficient (Wildman–Crippen LogP) is 3.19. The Morgan fingerprint density at radius 1 is 0.944 bits per heavy atom. The van der Waals surface area contributed by atoms with Crippen LogP contribution in [-0.2, 0) is 9.84 Å². The van der Waals surface area contributed by atoms with E-state index in [1.54, 1.807) is 18.2 Å². The first-order valence-corrected chi connectivity index (χ1v) is 7.39. The third kappa shape index (κ3) is 3.11. The number of hydrogen-bond acceptors (Lipinski definition) is 3. The van der Waals surface area contributed by atoms with E-state index in [4.69, 9.17) is 4.74 Å². The Bertz CT molecular complexity index is 660. The summed E-state index contributed by atoms with van der Waals surface area (Å²) in [7, 11) is -3.21. The fraction of sp³-hybridized carbons (Fsp3) is 0.143. The summed E-state index contributed by atoms with van der Waals surface area (Å²) in [5.41, 5.74) is 1.09. The molecule has 0 fully saturated rings. The molecule has 0 heterocycles. The van der Waals surface area contributed by atoms with Crippen molar-refractivity contribution in [3.8, 4) is 11.5 Å². The molecule has 3 nitrogen and oxygen atoms in total. The van der Waals surface area contributed by atoms with E-state index in [1.807, 2.05) is 31.2 Å². The largest absolute Gasteiger partial charge is 0.457 e. The molecule has 2 aromatic carbocycles. The normalized spacial score (nSPS) is 11.2. The molecule has 0 radical (unpaired) electrons. The average Bonchev–Trinajstić information content (AvgIpc) is 2.28. The van der Waals surface area contributed by atoms with Gasteiger partial charge < -0.3 is 4.74 Å². The minimum Gasteiger partial charge on any atom is -0.457 e. The molecule has 0 aliphatic carbocycles. The summed E-state index contributed by atoms with van der Waals surface area (Å²) in [5, 5.41) is 0. The van der Waals surface area contributed by atoms with E-state index in [9.17, 15) is 8.42 Å². The van der Waals surface area contributed by atoms with Crippen molar-refractivity contribution in [3.63, 3.8) is 0 Å². The van der Waals surface area contributed by atoms with E-state index in [0.717, 1.165) is 5.56 Å². The number of rotatable bonds is 3. The number of benzene rings is 2. The average molecular weight is 262 g/mol. The van der Waals surface area contributed by atoms with Gasteiger partial charge in [0.15, 0.2) is 9.84 Å². The minimum absolute atomic E-state index is 0.257. The smallest absolute Gasteiger partial charge is 0.175 e. The molecule has 0 aliphatic heterocycles. The SMILES string of the molecule is Cc1cccc(Oc2cccc(S(C)(=O)=O)c2)c1. The molecule has 0 atom stereocenters. The van der Waals surface area contributed by atoms with Crippen LogP contribution in [0.15, 0.2) is 53.4 Å².